The van der Waals surface area contributed by atoms with E-state index in [4.69, 9.17) is 4.74 Å². The zero-order valence-corrected chi connectivity index (χ0v) is 39.1. The third-order valence-corrected chi connectivity index (χ3v) is 14.1. The second kappa shape index (κ2) is 19.5. The highest BCUT2D eigenvalue weighted by atomic mass is 32.1. The first-order valence-corrected chi connectivity index (χ1v) is 23.2. The van der Waals surface area contributed by atoms with E-state index in [1.165, 1.54) is 12.2 Å². The molecule has 2 N–H and O–H groups in total. The lowest BCUT2D eigenvalue weighted by atomic mass is 10.1. The minimum atomic E-state index is -1.26. The van der Waals surface area contributed by atoms with E-state index < -0.39 is 11.9 Å². The largest absolute Gasteiger partial charge is 0.497 e. The first-order valence-electron chi connectivity index (χ1n) is 21.6. The van der Waals surface area contributed by atoms with Gasteiger partial charge in [0.2, 0.25) is 0 Å². The van der Waals surface area contributed by atoms with Gasteiger partial charge in [0.1, 0.15) is 29.0 Å². The summed E-state index contributed by atoms with van der Waals surface area (Å²) in [5.74, 6) is -1.76. The molecule has 69 heavy (non-hydrogen) atoms. The van der Waals surface area contributed by atoms with Gasteiger partial charge in [0.25, 0.3) is 0 Å². The number of methoxy groups -OCH3 is 1. The molecule has 9 aromatic rings. The topological polar surface area (TPSA) is 145 Å². The van der Waals surface area contributed by atoms with E-state index in [9.17, 15) is 30.3 Å². The number of carbonyl (C=O) groups is 2. The smallest absolute Gasteiger partial charge is 0.346 e. The van der Waals surface area contributed by atoms with Gasteiger partial charge in [-0.2, -0.15) is 10.5 Å². The zero-order chi connectivity index (χ0) is 48.2. The van der Waals surface area contributed by atoms with Crippen LogP contribution in [0, 0.1) is 22.7 Å². The molecule has 0 unspecified atom stereocenters. The summed E-state index contributed by atoms with van der Waals surface area (Å²) in [6.07, 6.45) is 11.0. The second-order valence-electron chi connectivity index (χ2n) is 15.9. The Labute approximate surface area is 406 Å². The Morgan fingerprint density at radius 3 is 1.23 bits per heavy atom. The van der Waals surface area contributed by atoms with Gasteiger partial charge >= 0.3 is 11.9 Å². The number of thiophene rings is 2. The van der Waals surface area contributed by atoms with E-state index in [1.807, 2.05) is 108 Å². The van der Waals surface area contributed by atoms with Crippen LogP contribution < -0.4 is 9.64 Å². The molecule has 0 amide bonds. The van der Waals surface area contributed by atoms with E-state index >= 15 is 0 Å². The zero-order valence-electron chi connectivity index (χ0n) is 37.5. The SMILES string of the molecule is COc1ccc(N(c2ccc(-c3ccc(/C=C/c4c5ccccc5c(/C=C(\C#N)C(=O)O)n4C)s3)cc2)c2ccc(-c3ccc(/C=C/c4c5ccccc5c(/C=C(\C#N)C(=O)O)n4C)s3)cc2)cc1. The van der Waals surface area contributed by atoms with Crippen LogP contribution in [0.2, 0.25) is 0 Å². The van der Waals surface area contributed by atoms with E-state index in [-0.39, 0.29) is 11.1 Å². The highest BCUT2D eigenvalue weighted by Gasteiger charge is 2.18. The van der Waals surface area contributed by atoms with Crippen molar-refractivity contribution in [1.82, 2.24) is 9.13 Å². The molecule has 0 aliphatic rings. The predicted molar refractivity (Wildman–Crippen MR) is 280 cm³/mol. The number of nitrogens with zero attached hydrogens (tertiary/aromatic N) is 5. The van der Waals surface area contributed by atoms with Gasteiger partial charge in [-0.1, -0.05) is 72.8 Å². The molecule has 4 heterocycles. The van der Waals surface area contributed by atoms with Crippen LogP contribution in [0.4, 0.5) is 17.1 Å². The number of carboxylic acid groups (broad SMARTS) is 2. The van der Waals surface area contributed by atoms with Gasteiger partial charge < -0.3 is 29.0 Å². The summed E-state index contributed by atoms with van der Waals surface area (Å²) in [5, 5.41) is 41.5. The van der Waals surface area contributed by atoms with Crippen molar-refractivity contribution in [2.75, 3.05) is 12.0 Å². The fourth-order valence-electron chi connectivity index (χ4n) is 8.40. The molecule has 4 aromatic heterocycles. The number of anilines is 3. The average Bonchev–Trinajstić information content (AvgIpc) is 4.16. The van der Waals surface area contributed by atoms with Crippen LogP contribution in [-0.2, 0) is 23.7 Å². The van der Waals surface area contributed by atoms with Crippen molar-refractivity contribution in [2.24, 2.45) is 14.1 Å². The minimum absolute atomic E-state index is 0.325. The summed E-state index contributed by atoms with van der Waals surface area (Å²) in [7, 11) is 5.40. The Kier molecular flexibility index (Phi) is 12.8. The van der Waals surface area contributed by atoms with Gasteiger partial charge in [-0.15, -0.1) is 22.7 Å². The summed E-state index contributed by atoms with van der Waals surface area (Å²) in [6, 6.07) is 52.6. The number of carboxylic acids is 2. The molecule has 0 fully saturated rings. The molecule has 10 nitrogen and oxygen atoms in total. The molecular formula is C57H41N5O5S2. The lowest BCUT2D eigenvalue weighted by Gasteiger charge is -2.26. The molecule has 0 aliphatic heterocycles. The standard InChI is InChI=1S/C57H41N5O5S2/c1-60-50(46-8-4-6-10-48(46)52(60)32-38(34-58)56(63)64)28-24-44-26-30-54(68-44)36-12-16-40(17-13-36)62(42-20-22-43(67-3)23-21-42)41-18-14-37(15-19-41)55-31-27-45(69-55)25-29-51-47-9-5-7-11-49(47)53(61(51)2)33-39(35-59)57(65)66/h4-33H,1-3H3,(H,63,64)(H,65,66)/b28-24+,29-25+,38-32+,39-33+. The number of aromatic nitrogens is 2. The number of ether oxygens (including phenoxy) is 1. The maximum absolute atomic E-state index is 11.7. The number of rotatable bonds is 14. The van der Waals surface area contributed by atoms with Crippen molar-refractivity contribution < 1.29 is 24.5 Å². The lowest BCUT2D eigenvalue weighted by molar-refractivity contribution is -0.133. The third-order valence-electron chi connectivity index (χ3n) is 11.9. The third kappa shape index (κ3) is 9.14. The Hall–Kier alpha value is -8.94. The summed E-state index contributed by atoms with van der Waals surface area (Å²) in [6.45, 7) is 0. The Balaban J connectivity index is 0.958. The predicted octanol–water partition coefficient (Wildman–Crippen LogP) is 13.9. The van der Waals surface area contributed by atoms with E-state index in [0.717, 1.165) is 86.4 Å². The van der Waals surface area contributed by atoms with Gasteiger partial charge in [0.05, 0.1) is 18.5 Å². The quantitative estimate of drug-likeness (QED) is 0.0810. The Morgan fingerprint density at radius 2 is 0.884 bits per heavy atom. The van der Waals surface area contributed by atoms with Crippen molar-refractivity contribution in [3.05, 3.63) is 189 Å². The van der Waals surface area contributed by atoms with E-state index in [2.05, 4.69) is 89.8 Å². The molecule has 0 atom stereocenters. The van der Waals surface area contributed by atoms with Crippen molar-refractivity contribution in [3.63, 3.8) is 0 Å². The van der Waals surface area contributed by atoms with Gasteiger partial charge in [0.15, 0.2) is 0 Å². The van der Waals surface area contributed by atoms with Gasteiger partial charge in [-0.3, -0.25) is 0 Å². The van der Waals surface area contributed by atoms with Crippen molar-refractivity contribution >= 4 is 110 Å². The number of nitriles is 2. The first-order chi connectivity index (χ1) is 33.5. The molecule has 0 saturated carbocycles. The Bertz CT molecular complexity index is 3430. The lowest BCUT2D eigenvalue weighted by Crippen LogP contribution is -2.09. The molecule has 0 spiro atoms. The fourth-order valence-corrected chi connectivity index (χ4v) is 10.2. The van der Waals surface area contributed by atoms with Crippen LogP contribution in [0.5, 0.6) is 5.75 Å². The summed E-state index contributed by atoms with van der Waals surface area (Å²) < 4.78 is 9.32. The highest BCUT2D eigenvalue weighted by Crippen LogP contribution is 2.40. The molecule has 0 bridgehead atoms. The number of benzene rings is 5. The minimum Gasteiger partial charge on any atom is -0.497 e. The molecule has 0 aliphatic carbocycles. The number of aliphatic carboxylic acids is 2. The average molecular weight is 940 g/mol. The maximum Gasteiger partial charge on any atom is 0.346 e. The summed E-state index contributed by atoms with van der Waals surface area (Å²) >= 11 is 3.34. The van der Waals surface area contributed by atoms with Crippen molar-refractivity contribution in [3.8, 4) is 38.8 Å². The highest BCUT2D eigenvalue weighted by molar-refractivity contribution is 7.16. The maximum atomic E-state index is 11.7. The van der Waals surface area contributed by atoms with Crippen LogP contribution in [0.15, 0.2) is 157 Å². The van der Waals surface area contributed by atoms with E-state index in [0.29, 0.717) is 11.4 Å². The molecule has 5 aromatic carbocycles. The van der Waals surface area contributed by atoms with Crippen molar-refractivity contribution in [2.45, 2.75) is 0 Å². The molecule has 336 valence electrons. The number of fused-ring (bicyclic) bond motifs is 2. The second-order valence-corrected chi connectivity index (χ2v) is 18.1. The van der Waals surface area contributed by atoms with E-state index in [1.54, 1.807) is 41.9 Å². The van der Waals surface area contributed by atoms with Crippen molar-refractivity contribution in [1.29, 1.82) is 10.5 Å². The Morgan fingerprint density at radius 1 is 0.522 bits per heavy atom. The van der Waals surface area contributed by atoms with Crippen LogP contribution in [0.25, 0.3) is 78.9 Å². The molecule has 0 radical (unpaired) electrons. The number of hydrogen-bond acceptors (Lipinski definition) is 8. The molecule has 9 rings (SSSR count). The monoisotopic (exact) mass is 939 g/mol. The molecule has 0 saturated heterocycles. The van der Waals surface area contributed by atoms with Gasteiger partial charge in [-0.05, 0) is 120 Å². The van der Waals surface area contributed by atoms with Crippen LogP contribution >= 0.6 is 22.7 Å². The normalized spacial score (nSPS) is 12.0. The molecular weight excluding hydrogens is 899 g/mol. The summed E-state index contributed by atoms with van der Waals surface area (Å²) in [4.78, 5) is 29.8. The molecule has 12 heteroatoms. The van der Waals surface area contributed by atoms with Crippen LogP contribution in [0.3, 0.4) is 0 Å². The van der Waals surface area contributed by atoms with Crippen LogP contribution in [0.1, 0.15) is 32.5 Å². The van der Waals surface area contributed by atoms with Crippen LogP contribution in [-0.4, -0.2) is 38.4 Å². The van der Waals surface area contributed by atoms with Gasteiger partial charge in [-0.25, -0.2) is 9.59 Å². The van der Waals surface area contributed by atoms with Gasteiger partial charge in [0, 0.05) is 83.6 Å². The number of hydrogen-bond donors (Lipinski definition) is 2. The summed E-state index contributed by atoms with van der Waals surface area (Å²) in [5.41, 5.74) is 7.56. The fraction of sp³-hybridized carbons (Fsp3) is 0.0526. The first kappa shape index (κ1) is 45.2.